The fraction of sp³-hybridized carbons (Fsp3) is 0.733. The van der Waals surface area contributed by atoms with Gasteiger partial charge in [0.05, 0.1) is 0 Å². The number of hydrogen-bond acceptors (Lipinski definition) is 5. The van der Waals surface area contributed by atoms with Crippen LogP contribution in [0.5, 0.6) is 0 Å². The summed E-state index contributed by atoms with van der Waals surface area (Å²) in [5.74, 6) is 3.63. The molecule has 1 unspecified atom stereocenters. The van der Waals surface area contributed by atoms with Gasteiger partial charge in [-0.15, -0.1) is 0 Å². The summed E-state index contributed by atoms with van der Waals surface area (Å²) in [6.07, 6.45) is 4.66. The Morgan fingerprint density at radius 3 is 2.60 bits per heavy atom. The molecule has 20 heavy (non-hydrogen) atoms. The Morgan fingerprint density at radius 2 is 2.00 bits per heavy atom. The summed E-state index contributed by atoms with van der Waals surface area (Å²) >= 11 is 0. The third-order valence-corrected chi connectivity index (χ3v) is 4.49. The van der Waals surface area contributed by atoms with E-state index < -0.39 is 0 Å². The van der Waals surface area contributed by atoms with Crippen LogP contribution in [0.4, 0.5) is 11.6 Å². The lowest BCUT2D eigenvalue weighted by molar-refractivity contribution is 0.0974. The molecule has 110 valence electrons. The molecule has 0 aromatic carbocycles. The van der Waals surface area contributed by atoms with Crippen LogP contribution in [0, 0.1) is 5.92 Å². The quantitative estimate of drug-likeness (QED) is 0.860. The van der Waals surface area contributed by atoms with Crippen molar-refractivity contribution in [3.8, 4) is 0 Å². The molecule has 2 bridgehead atoms. The third-order valence-electron chi connectivity index (χ3n) is 4.49. The van der Waals surface area contributed by atoms with Gasteiger partial charge in [0.15, 0.2) is 0 Å². The van der Waals surface area contributed by atoms with Crippen LogP contribution in [0.25, 0.3) is 0 Å². The minimum Gasteiger partial charge on any atom is -0.373 e. The van der Waals surface area contributed by atoms with Crippen molar-refractivity contribution in [2.75, 3.05) is 37.3 Å². The van der Waals surface area contributed by atoms with Crippen LogP contribution in [0.1, 0.15) is 32.0 Å². The first kappa shape index (κ1) is 13.6. The van der Waals surface area contributed by atoms with Crippen LogP contribution in [-0.4, -0.2) is 47.6 Å². The monoisotopic (exact) mass is 275 g/mol. The van der Waals surface area contributed by atoms with Crippen molar-refractivity contribution >= 4 is 11.6 Å². The van der Waals surface area contributed by atoms with Crippen LogP contribution < -0.4 is 10.6 Å². The molecule has 4 heterocycles. The van der Waals surface area contributed by atoms with E-state index in [1.165, 1.54) is 25.9 Å². The number of aromatic nitrogens is 2. The maximum atomic E-state index is 4.67. The largest absolute Gasteiger partial charge is 0.373 e. The molecule has 4 rings (SSSR count). The maximum Gasteiger partial charge on any atom is 0.133 e. The van der Waals surface area contributed by atoms with Crippen molar-refractivity contribution in [2.45, 2.75) is 38.6 Å². The zero-order valence-electron chi connectivity index (χ0n) is 12.5. The summed E-state index contributed by atoms with van der Waals surface area (Å²) in [4.78, 5) is 11.7. The molecule has 1 atom stereocenters. The summed E-state index contributed by atoms with van der Waals surface area (Å²) in [5.41, 5.74) is 0. The second-order valence-corrected chi connectivity index (χ2v) is 5.94. The van der Waals surface area contributed by atoms with E-state index in [-0.39, 0.29) is 0 Å². The minimum absolute atomic E-state index is 0.548. The molecular weight excluding hydrogens is 250 g/mol. The highest BCUT2D eigenvalue weighted by atomic mass is 15.2. The van der Waals surface area contributed by atoms with Gasteiger partial charge in [-0.1, -0.05) is 6.92 Å². The molecule has 1 aromatic rings. The minimum atomic E-state index is 0.548. The van der Waals surface area contributed by atoms with Gasteiger partial charge in [-0.05, 0) is 38.3 Å². The van der Waals surface area contributed by atoms with Crippen molar-refractivity contribution in [3.63, 3.8) is 0 Å². The molecule has 5 nitrogen and oxygen atoms in total. The summed E-state index contributed by atoms with van der Waals surface area (Å²) < 4.78 is 0. The number of nitrogens with zero attached hydrogens (tertiary/aromatic N) is 3. The van der Waals surface area contributed by atoms with Crippen LogP contribution in [0.2, 0.25) is 0 Å². The molecule has 3 aliphatic rings. The van der Waals surface area contributed by atoms with Crippen molar-refractivity contribution in [1.82, 2.24) is 14.9 Å². The van der Waals surface area contributed by atoms with E-state index in [0.29, 0.717) is 6.04 Å². The lowest BCUT2D eigenvalue weighted by Gasteiger charge is -2.45. The fourth-order valence-electron chi connectivity index (χ4n) is 3.35. The molecule has 0 amide bonds. The second-order valence-electron chi connectivity index (χ2n) is 5.94. The molecule has 3 saturated heterocycles. The molecule has 1 aromatic heterocycles. The van der Waals surface area contributed by atoms with Gasteiger partial charge in [-0.25, -0.2) is 9.97 Å². The van der Waals surface area contributed by atoms with Gasteiger partial charge >= 0.3 is 0 Å². The second kappa shape index (κ2) is 5.95. The van der Waals surface area contributed by atoms with Gasteiger partial charge in [-0.3, -0.25) is 0 Å². The first-order valence-electron chi connectivity index (χ1n) is 7.83. The Kier molecular flexibility index (Phi) is 4.05. The number of piperidine rings is 3. The van der Waals surface area contributed by atoms with Crippen molar-refractivity contribution < 1.29 is 0 Å². The van der Waals surface area contributed by atoms with E-state index in [0.717, 1.165) is 42.8 Å². The standard InChI is InChI=1S/C15H25N5/c1-3-4-13-18-14(16-2)9-15(19-13)17-12-10-20-7-5-11(12)6-8-20/h9,11-12H,3-8,10H2,1-2H3,(H2,16,17,18,19). The maximum absolute atomic E-state index is 4.67. The number of hydrogen-bond donors (Lipinski definition) is 2. The highest BCUT2D eigenvalue weighted by Crippen LogP contribution is 2.29. The van der Waals surface area contributed by atoms with Gasteiger partial charge in [0.25, 0.3) is 0 Å². The molecule has 0 spiro atoms. The first-order chi connectivity index (χ1) is 9.78. The molecular formula is C15H25N5. The number of anilines is 2. The smallest absolute Gasteiger partial charge is 0.133 e. The summed E-state index contributed by atoms with van der Waals surface area (Å²) in [5, 5.41) is 6.79. The summed E-state index contributed by atoms with van der Waals surface area (Å²) in [7, 11) is 1.91. The lowest BCUT2D eigenvalue weighted by Crippen LogP contribution is -2.53. The molecule has 2 N–H and O–H groups in total. The van der Waals surface area contributed by atoms with Gasteiger partial charge in [-0.2, -0.15) is 0 Å². The summed E-state index contributed by atoms with van der Waals surface area (Å²) in [6, 6.07) is 2.57. The Hall–Kier alpha value is -1.36. The van der Waals surface area contributed by atoms with Gasteiger partial charge < -0.3 is 15.5 Å². The van der Waals surface area contributed by atoms with E-state index in [9.17, 15) is 0 Å². The zero-order valence-corrected chi connectivity index (χ0v) is 12.5. The predicted molar refractivity (Wildman–Crippen MR) is 82.1 cm³/mol. The van der Waals surface area contributed by atoms with Gasteiger partial charge in [0.1, 0.15) is 17.5 Å². The average molecular weight is 275 g/mol. The SMILES string of the molecule is CCCc1nc(NC)cc(NC2CN3CCC2CC3)n1. The Labute approximate surface area is 121 Å². The highest BCUT2D eigenvalue weighted by Gasteiger charge is 2.34. The normalized spacial score (nSPS) is 28.4. The molecule has 0 saturated carbocycles. The Bertz CT molecular complexity index is 454. The Balaban J connectivity index is 1.74. The number of aryl methyl sites for hydroxylation is 1. The third kappa shape index (κ3) is 2.87. The fourth-order valence-corrected chi connectivity index (χ4v) is 3.35. The van der Waals surface area contributed by atoms with Crippen LogP contribution in [0.15, 0.2) is 6.07 Å². The average Bonchev–Trinajstić information content (AvgIpc) is 2.48. The van der Waals surface area contributed by atoms with E-state index in [2.05, 4.69) is 32.4 Å². The topological polar surface area (TPSA) is 53.1 Å². The van der Waals surface area contributed by atoms with Gasteiger partial charge in [0, 0.05) is 32.1 Å². The first-order valence-corrected chi connectivity index (χ1v) is 7.83. The molecule has 3 fully saturated rings. The molecule has 0 aliphatic carbocycles. The van der Waals surface area contributed by atoms with E-state index in [1.807, 2.05) is 13.1 Å². The van der Waals surface area contributed by atoms with E-state index in [1.54, 1.807) is 0 Å². The van der Waals surface area contributed by atoms with Crippen LogP contribution in [-0.2, 0) is 6.42 Å². The number of fused-ring (bicyclic) bond motifs is 3. The summed E-state index contributed by atoms with van der Waals surface area (Å²) in [6.45, 7) is 5.87. The van der Waals surface area contributed by atoms with Crippen molar-refractivity contribution in [1.29, 1.82) is 0 Å². The van der Waals surface area contributed by atoms with Crippen molar-refractivity contribution in [2.24, 2.45) is 5.92 Å². The van der Waals surface area contributed by atoms with Crippen LogP contribution >= 0.6 is 0 Å². The van der Waals surface area contributed by atoms with E-state index >= 15 is 0 Å². The molecule has 3 aliphatic heterocycles. The van der Waals surface area contributed by atoms with Crippen molar-refractivity contribution in [3.05, 3.63) is 11.9 Å². The number of nitrogens with one attached hydrogen (secondary N) is 2. The number of rotatable bonds is 5. The lowest BCUT2D eigenvalue weighted by atomic mass is 9.84. The van der Waals surface area contributed by atoms with Gasteiger partial charge in [0.2, 0.25) is 0 Å². The predicted octanol–water partition coefficient (Wildman–Crippen LogP) is 1.98. The molecule has 0 radical (unpaired) electrons. The zero-order chi connectivity index (χ0) is 13.9. The highest BCUT2D eigenvalue weighted by molar-refractivity contribution is 5.48. The Morgan fingerprint density at radius 1 is 1.25 bits per heavy atom. The van der Waals surface area contributed by atoms with E-state index in [4.69, 9.17) is 0 Å². The van der Waals surface area contributed by atoms with Crippen LogP contribution in [0.3, 0.4) is 0 Å². The molecule has 5 heteroatoms.